The molecule has 100 valence electrons. The molecular weight excluding hydrogens is 261 g/mol. The second kappa shape index (κ2) is 6.18. The molecular formula is C16H17ClFN. The Hall–Kier alpha value is -1.38. The van der Waals surface area contributed by atoms with Crippen LogP contribution < -0.4 is 5.32 Å². The fourth-order valence-electron chi connectivity index (χ4n) is 2.25. The molecule has 3 heteroatoms. The number of rotatable bonds is 4. The van der Waals surface area contributed by atoms with E-state index in [1.807, 2.05) is 19.2 Å². The Kier molecular flexibility index (Phi) is 4.56. The van der Waals surface area contributed by atoms with Crippen LogP contribution in [0.1, 0.15) is 22.7 Å². The quantitative estimate of drug-likeness (QED) is 0.879. The number of hydrogen-bond donors (Lipinski definition) is 1. The van der Waals surface area contributed by atoms with Crippen LogP contribution in [-0.4, -0.2) is 7.05 Å². The van der Waals surface area contributed by atoms with Gasteiger partial charge in [0.25, 0.3) is 0 Å². The molecule has 2 aromatic rings. The van der Waals surface area contributed by atoms with Gasteiger partial charge in [0.2, 0.25) is 0 Å². The molecule has 0 bridgehead atoms. The zero-order chi connectivity index (χ0) is 13.8. The monoisotopic (exact) mass is 277 g/mol. The first-order valence-corrected chi connectivity index (χ1v) is 6.66. The first-order chi connectivity index (χ1) is 9.11. The summed E-state index contributed by atoms with van der Waals surface area (Å²) in [7, 11) is 1.89. The number of hydrogen-bond acceptors (Lipinski definition) is 1. The summed E-state index contributed by atoms with van der Waals surface area (Å²) in [5, 5.41) is 3.68. The Balaban J connectivity index is 2.27. The summed E-state index contributed by atoms with van der Waals surface area (Å²) in [6.45, 7) is 2.07. The van der Waals surface area contributed by atoms with Gasteiger partial charge in [0.15, 0.2) is 0 Å². The molecule has 0 fully saturated rings. The van der Waals surface area contributed by atoms with Crippen LogP contribution in [0.2, 0.25) is 5.02 Å². The van der Waals surface area contributed by atoms with Crippen LogP contribution in [0.5, 0.6) is 0 Å². The first kappa shape index (κ1) is 14.0. The standard InChI is InChI=1S/C16H17ClFN/c1-11-5-3-4-6-14(11)16(19-2)9-12-7-8-13(17)10-15(12)18/h3-8,10,16,19H,9H2,1-2H3. The van der Waals surface area contributed by atoms with Crippen LogP contribution in [0.15, 0.2) is 42.5 Å². The van der Waals surface area contributed by atoms with Crippen molar-refractivity contribution in [3.05, 3.63) is 70.0 Å². The normalized spacial score (nSPS) is 12.4. The molecule has 0 spiro atoms. The molecule has 0 amide bonds. The van der Waals surface area contributed by atoms with Crippen molar-refractivity contribution in [1.82, 2.24) is 5.32 Å². The van der Waals surface area contributed by atoms with E-state index in [4.69, 9.17) is 11.6 Å². The van der Waals surface area contributed by atoms with Gasteiger partial charge in [-0.25, -0.2) is 4.39 Å². The first-order valence-electron chi connectivity index (χ1n) is 6.28. The lowest BCUT2D eigenvalue weighted by Gasteiger charge is -2.19. The van der Waals surface area contributed by atoms with Gasteiger partial charge in [0.05, 0.1) is 0 Å². The maximum atomic E-state index is 13.9. The van der Waals surface area contributed by atoms with Crippen LogP contribution in [0.4, 0.5) is 4.39 Å². The highest BCUT2D eigenvalue weighted by molar-refractivity contribution is 6.30. The van der Waals surface area contributed by atoms with Crippen LogP contribution in [0, 0.1) is 12.7 Å². The number of halogens is 2. The molecule has 0 aliphatic carbocycles. The average molecular weight is 278 g/mol. The van der Waals surface area contributed by atoms with E-state index in [0.29, 0.717) is 17.0 Å². The lowest BCUT2D eigenvalue weighted by atomic mass is 9.95. The van der Waals surface area contributed by atoms with E-state index in [-0.39, 0.29) is 11.9 Å². The van der Waals surface area contributed by atoms with Crippen molar-refractivity contribution in [3.8, 4) is 0 Å². The molecule has 1 nitrogen and oxygen atoms in total. The van der Waals surface area contributed by atoms with Gasteiger partial charge in [-0.3, -0.25) is 0 Å². The minimum Gasteiger partial charge on any atom is -0.313 e. The smallest absolute Gasteiger partial charge is 0.127 e. The van der Waals surface area contributed by atoms with Gasteiger partial charge in [0.1, 0.15) is 5.82 Å². The molecule has 1 unspecified atom stereocenters. The molecule has 0 aromatic heterocycles. The summed E-state index contributed by atoms with van der Waals surface area (Å²) in [6.07, 6.45) is 0.602. The molecule has 2 rings (SSSR count). The van der Waals surface area contributed by atoms with Crippen molar-refractivity contribution in [1.29, 1.82) is 0 Å². The number of aryl methyl sites for hydroxylation is 1. The van der Waals surface area contributed by atoms with Crippen LogP contribution in [0.25, 0.3) is 0 Å². The van der Waals surface area contributed by atoms with Crippen LogP contribution in [0.3, 0.4) is 0 Å². The maximum Gasteiger partial charge on any atom is 0.127 e. The Morgan fingerprint density at radius 1 is 1.21 bits per heavy atom. The summed E-state index contributed by atoms with van der Waals surface area (Å²) in [4.78, 5) is 0. The van der Waals surface area contributed by atoms with E-state index < -0.39 is 0 Å². The van der Waals surface area contributed by atoms with Gasteiger partial charge in [-0.15, -0.1) is 0 Å². The van der Waals surface area contributed by atoms with Gasteiger partial charge >= 0.3 is 0 Å². The molecule has 2 aromatic carbocycles. The van der Waals surface area contributed by atoms with E-state index in [2.05, 4.69) is 24.4 Å². The second-order valence-corrected chi connectivity index (χ2v) is 5.07. The number of benzene rings is 2. The van der Waals surface area contributed by atoms with E-state index in [9.17, 15) is 4.39 Å². The molecule has 0 saturated heterocycles. The predicted octanol–water partition coefficient (Wildman–Crippen LogP) is 4.29. The predicted molar refractivity (Wildman–Crippen MR) is 78.1 cm³/mol. The topological polar surface area (TPSA) is 12.0 Å². The van der Waals surface area contributed by atoms with Crippen molar-refractivity contribution in [2.45, 2.75) is 19.4 Å². The minimum atomic E-state index is -0.249. The van der Waals surface area contributed by atoms with Gasteiger partial charge in [0, 0.05) is 11.1 Å². The molecule has 0 aliphatic rings. The molecule has 0 aliphatic heterocycles. The third-order valence-electron chi connectivity index (χ3n) is 3.35. The third kappa shape index (κ3) is 3.34. The highest BCUT2D eigenvalue weighted by Gasteiger charge is 2.14. The Morgan fingerprint density at radius 2 is 1.95 bits per heavy atom. The lowest BCUT2D eigenvalue weighted by molar-refractivity contribution is 0.553. The number of nitrogens with one attached hydrogen (secondary N) is 1. The summed E-state index contributed by atoms with van der Waals surface area (Å²) in [6, 6.07) is 13.1. The summed E-state index contributed by atoms with van der Waals surface area (Å²) >= 11 is 5.77. The summed E-state index contributed by atoms with van der Waals surface area (Å²) < 4.78 is 13.9. The number of likely N-dealkylation sites (N-methyl/N-ethyl adjacent to an activating group) is 1. The molecule has 0 saturated carbocycles. The van der Waals surface area contributed by atoms with E-state index >= 15 is 0 Å². The minimum absolute atomic E-state index is 0.0943. The van der Waals surface area contributed by atoms with E-state index in [1.54, 1.807) is 12.1 Å². The van der Waals surface area contributed by atoms with Crippen molar-refractivity contribution >= 4 is 11.6 Å². The fraction of sp³-hybridized carbons (Fsp3) is 0.250. The van der Waals surface area contributed by atoms with Gasteiger partial charge in [-0.2, -0.15) is 0 Å². The zero-order valence-electron chi connectivity index (χ0n) is 11.1. The Labute approximate surface area is 118 Å². The Morgan fingerprint density at radius 3 is 2.58 bits per heavy atom. The summed E-state index contributed by atoms with van der Waals surface area (Å²) in [5.74, 6) is -0.249. The highest BCUT2D eigenvalue weighted by Crippen LogP contribution is 2.24. The van der Waals surface area contributed by atoms with Crippen molar-refractivity contribution < 1.29 is 4.39 Å². The molecule has 0 heterocycles. The molecule has 19 heavy (non-hydrogen) atoms. The highest BCUT2D eigenvalue weighted by atomic mass is 35.5. The largest absolute Gasteiger partial charge is 0.313 e. The van der Waals surface area contributed by atoms with Gasteiger partial charge < -0.3 is 5.32 Å². The van der Waals surface area contributed by atoms with E-state index in [1.165, 1.54) is 17.2 Å². The third-order valence-corrected chi connectivity index (χ3v) is 3.59. The molecule has 0 radical (unpaired) electrons. The van der Waals surface area contributed by atoms with E-state index in [0.717, 1.165) is 0 Å². The second-order valence-electron chi connectivity index (χ2n) is 4.64. The molecule has 1 N–H and O–H groups in total. The average Bonchev–Trinajstić information content (AvgIpc) is 2.39. The van der Waals surface area contributed by atoms with Crippen molar-refractivity contribution in [2.75, 3.05) is 7.05 Å². The lowest BCUT2D eigenvalue weighted by Crippen LogP contribution is -2.20. The SMILES string of the molecule is CNC(Cc1ccc(Cl)cc1F)c1ccccc1C. The van der Waals surface area contributed by atoms with Gasteiger partial charge in [-0.05, 0) is 49.2 Å². The molecule has 1 atom stereocenters. The zero-order valence-corrected chi connectivity index (χ0v) is 11.8. The van der Waals surface area contributed by atoms with Gasteiger partial charge in [-0.1, -0.05) is 41.9 Å². The Bertz CT molecular complexity index is 568. The van der Waals surface area contributed by atoms with Crippen molar-refractivity contribution in [3.63, 3.8) is 0 Å². The van der Waals surface area contributed by atoms with Crippen LogP contribution >= 0.6 is 11.6 Å². The van der Waals surface area contributed by atoms with Crippen LogP contribution in [-0.2, 0) is 6.42 Å². The van der Waals surface area contributed by atoms with Crippen molar-refractivity contribution in [2.24, 2.45) is 0 Å². The summed E-state index contributed by atoms with van der Waals surface area (Å²) in [5.41, 5.74) is 3.07. The maximum absolute atomic E-state index is 13.9. The fourth-order valence-corrected chi connectivity index (χ4v) is 2.41.